The first-order chi connectivity index (χ1) is 46.4. The highest BCUT2D eigenvalue weighted by atomic mass is 32.1. The van der Waals surface area contributed by atoms with Crippen molar-refractivity contribution in [3.8, 4) is 28.2 Å². The number of aromatic hydroxyl groups is 1. The number of hydrogen-bond acceptors (Lipinski definition) is 14. The van der Waals surface area contributed by atoms with Gasteiger partial charge < -0.3 is 50.3 Å². The number of benzene rings is 3. The van der Waals surface area contributed by atoms with Gasteiger partial charge in [-0.3, -0.25) is 33.0 Å². The smallest absolute Gasteiger partial charge is 0.472 e. The minimum Gasteiger partial charge on any atom is -0.505 e. The molecule has 534 valence electrons. The molecule has 1 aliphatic heterocycles. The number of carbonyl (C=O) groups is 5. The molecular formula is C73H107F2N4O15PS. The fourth-order valence-corrected chi connectivity index (χ4v) is 11.8. The second-order valence-electron chi connectivity index (χ2n) is 24.5. The highest BCUT2D eigenvalue weighted by molar-refractivity contribution is 7.80. The largest absolute Gasteiger partial charge is 0.505 e. The Morgan fingerprint density at radius 3 is 1.67 bits per heavy atom. The maximum Gasteiger partial charge on any atom is 0.472 e. The minimum absolute atomic E-state index is 0.0119. The molecule has 0 aromatic heterocycles. The monoisotopic (exact) mass is 1380 g/mol. The Morgan fingerprint density at radius 2 is 1.09 bits per heavy atom. The molecule has 0 spiro atoms. The van der Waals surface area contributed by atoms with E-state index in [0.29, 0.717) is 57.3 Å². The maximum atomic E-state index is 14.7. The second kappa shape index (κ2) is 49.0. The lowest BCUT2D eigenvalue weighted by Gasteiger charge is -2.20. The molecular weight excluding hydrogens is 1270 g/mol. The van der Waals surface area contributed by atoms with Crippen LogP contribution in [0.4, 0.5) is 14.5 Å². The van der Waals surface area contributed by atoms with E-state index in [4.69, 9.17) is 35.2 Å². The van der Waals surface area contributed by atoms with Gasteiger partial charge in [0.1, 0.15) is 18.0 Å². The quantitative estimate of drug-likeness (QED) is 0.00540. The molecule has 0 bridgehead atoms. The number of aromatic carboxylic acids is 1. The van der Waals surface area contributed by atoms with Crippen LogP contribution in [0.5, 0.6) is 5.75 Å². The summed E-state index contributed by atoms with van der Waals surface area (Å²) in [6.07, 6.45) is 40.8. The summed E-state index contributed by atoms with van der Waals surface area (Å²) in [5.74, 6) is -5.87. The van der Waals surface area contributed by atoms with Crippen molar-refractivity contribution < 1.29 is 75.4 Å². The summed E-state index contributed by atoms with van der Waals surface area (Å²) in [6.45, 7) is 3.96. The first kappa shape index (κ1) is 81.8. The number of hydrogen-bond donors (Lipinski definition) is 7. The number of esters is 2. The van der Waals surface area contributed by atoms with Gasteiger partial charge in [-0.2, -0.15) is 0 Å². The number of phosphoric ester groups is 1. The molecule has 1 aliphatic carbocycles. The lowest BCUT2D eigenvalue weighted by Crippen LogP contribution is -2.30. The number of halogens is 2. The molecule has 0 radical (unpaired) electrons. The van der Waals surface area contributed by atoms with Gasteiger partial charge in [0.15, 0.2) is 28.6 Å². The van der Waals surface area contributed by atoms with Crippen molar-refractivity contribution in [1.29, 1.82) is 0 Å². The molecule has 2 aromatic carbocycles. The van der Waals surface area contributed by atoms with Crippen molar-refractivity contribution in [2.45, 2.75) is 245 Å². The highest BCUT2D eigenvalue weighted by Crippen LogP contribution is 2.44. The van der Waals surface area contributed by atoms with Crippen molar-refractivity contribution in [2.24, 2.45) is 0 Å². The zero-order valence-corrected chi connectivity index (χ0v) is 58.5. The number of phenols is 1. The normalized spacial score (nSPS) is 12.5. The average molecular weight is 1380 g/mol. The van der Waals surface area contributed by atoms with E-state index in [2.05, 4.69) is 59.4 Å². The van der Waals surface area contributed by atoms with Gasteiger partial charge >= 0.3 is 25.7 Å². The summed E-state index contributed by atoms with van der Waals surface area (Å²) in [5.41, 5.74) is -0.862. The van der Waals surface area contributed by atoms with Gasteiger partial charge in [-0.15, -0.1) is 0 Å². The molecule has 0 saturated carbocycles. The standard InChI is InChI=1S/C73H107F2N4O15PS/c1-3-5-7-9-11-13-15-17-19-21-23-25-27-29-32-40-69(84)90-53-56(93-70(85)41-33-30-28-26-24-22-20-18-16-14-12-10-8-6-4-2)54-92-95(88,89)91-47-46-77-68(83)39-35-34-38-67(82)76-44-36-31-37-45-78-73(96)79-55-42-43-57(58(48-55)72(86)87)71-59-49-61(74)63(80)51-65(59)94-66-52-64(81)62(75)50-60(66)71/h17-20,42-43,48-52,56,80H,3-16,21-41,44-47,53-54H2,1-2H3,(H,76,82)(H,77,83)(H,86,87)(H,88,89)(H2,78,79,96)/b19-17-,20-18-. The molecule has 19 nitrogen and oxygen atoms in total. The van der Waals surface area contributed by atoms with Crippen LogP contribution in [0.3, 0.4) is 0 Å². The SMILES string of the molecule is CCCCCCCC/C=C\CCCCCCCC(=O)OCC(COP(=O)(O)OCCNC(=O)CCCCC(=O)NCCCCCNC(=S)Nc1ccc(-c2c3cc(F)c(=O)cc-3oc3cc(O)c(F)cc23)c(C(=O)O)c1)OC(=O)CCCCCCC/C=C\CCCCCCCC. The molecule has 23 heteroatoms. The van der Waals surface area contributed by atoms with Gasteiger partial charge in [0.05, 0.1) is 18.8 Å². The number of allylic oxidation sites excluding steroid dienone is 4. The number of nitrogens with one attached hydrogen (secondary N) is 4. The van der Waals surface area contributed by atoms with Crippen molar-refractivity contribution in [3.63, 3.8) is 0 Å². The number of unbranched alkanes of at least 4 members (excludes halogenated alkanes) is 25. The number of thiocarbonyl (C=S) groups is 1. The molecule has 0 fully saturated rings. The number of carboxylic acids is 1. The van der Waals surface area contributed by atoms with Gasteiger partial charge in [-0.05, 0) is 138 Å². The van der Waals surface area contributed by atoms with Crippen LogP contribution in [0.15, 0.2) is 76.0 Å². The first-order valence-electron chi connectivity index (χ1n) is 35.2. The number of phosphoric acid groups is 1. The molecule has 0 saturated heterocycles. The number of amides is 2. The van der Waals surface area contributed by atoms with Gasteiger partial charge in [-0.25, -0.2) is 18.1 Å². The van der Waals surface area contributed by atoms with E-state index in [9.17, 15) is 57.2 Å². The first-order valence-corrected chi connectivity index (χ1v) is 37.1. The predicted molar refractivity (Wildman–Crippen MR) is 377 cm³/mol. The Hall–Kier alpha value is -6.58. The van der Waals surface area contributed by atoms with Crippen molar-refractivity contribution >= 4 is 71.5 Å². The third-order valence-electron chi connectivity index (χ3n) is 16.3. The van der Waals surface area contributed by atoms with Crippen LogP contribution in [0.1, 0.15) is 249 Å². The van der Waals surface area contributed by atoms with E-state index < -0.39 is 61.3 Å². The minimum atomic E-state index is -4.68. The van der Waals surface area contributed by atoms with Crippen LogP contribution in [-0.4, -0.2) is 95.5 Å². The number of phenolic OH excluding ortho intramolecular Hbond substituents is 1. The Labute approximate surface area is 572 Å². The predicted octanol–water partition coefficient (Wildman–Crippen LogP) is 17.2. The van der Waals surface area contributed by atoms with Crippen LogP contribution in [0.2, 0.25) is 0 Å². The van der Waals surface area contributed by atoms with E-state index in [1.165, 1.54) is 95.2 Å². The molecule has 2 atom stereocenters. The zero-order chi connectivity index (χ0) is 69.6. The molecule has 7 N–H and O–H groups in total. The van der Waals surface area contributed by atoms with Crippen molar-refractivity contribution in [3.05, 3.63) is 94.2 Å². The number of anilines is 1. The summed E-state index contributed by atoms with van der Waals surface area (Å²) < 4.78 is 69.2. The van der Waals surface area contributed by atoms with Crippen LogP contribution in [0, 0.1) is 11.6 Å². The van der Waals surface area contributed by atoms with Crippen LogP contribution in [0.25, 0.3) is 33.4 Å². The van der Waals surface area contributed by atoms with Gasteiger partial charge in [-0.1, -0.05) is 147 Å². The van der Waals surface area contributed by atoms with E-state index in [-0.39, 0.29) is 101 Å². The molecule has 2 aliphatic rings. The second-order valence-corrected chi connectivity index (χ2v) is 26.4. The van der Waals surface area contributed by atoms with Crippen molar-refractivity contribution in [2.75, 3.05) is 44.8 Å². The fraction of sp³-hybridized carbons (Fsp3) is 0.603. The Kier molecular flexibility index (Phi) is 41.8. The summed E-state index contributed by atoms with van der Waals surface area (Å²) in [7, 11) is -4.68. The van der Waals surface area contributed by atoms with Crippen LogP contribution >= 0.6 is 20.0 Å². The summed E-state index contributed by atoms with van der Waals surface area (Å²) in [5, 5.41) is 32.0. The fourth-order valence-electron chi connectivity index (χ4n) is 10.9. The molecule has 2 amide bonds. The van der Waals surface area contributed by atoms with E-state index in [1.54, 1.807) is 0 Å². The van der Waals surface area contributed by atoms with Crippen LogP contribution in [-0.2, 0) is 42.3 Å². The number of carboxylic acid groups (broad SMARTS) is 1. The molecule has 2 unspecified atom stereocenters. The molecule has 1 heterocycles. The number of fused-ring (bicyclic) bond motifs is 2. The molecule has 4 rings (SSSR count). The summed E-state index contributed by atoms with van der Waals surface area (Å²) in [6, 6.07) is 7.98. The third-order valence-corrected chi connectivity index (χ3v) is 17.5. The molecule has 96 heavy (non-hydrogen) atoms. The van der Waals surface area contributed by atoms with Gasteiger partial charge in [0.25, 0.3) is 0 Å². The topological polar surface area (TPSA) is 278 Å². The van der Waals surface area contributed by atoms with Gasteiger partial charge in [0.2, 0.25) is 17.2 Å². The third kappa shape index (κ3) is 35.1. The molecule has 2 aromatic rings. The Bertz CT molecular complexity index is 3120. The van der Waals surface area contributed by atoms with Crippen LogP contribution < -0.4 is 26.7 Å². The highest BCUT2D eigenvalue weighted by Gasteiger charge is 2.28. The van der Waals surface area contributed by atoms with E-state index in [1.807, 2.05) is 0 Å². The van der Waals surface area contributed by atoms with Crippen molar-refractivity contribution in [1.82, 2.24) is 16.0 Å². The van der Waals surface area contributed by atoms with Gasteiger partial charge in [0, 0.05) is 79.7 Å². The van der Waals surface area contributed by atoms with E-state index >= 15 is 0 Å². The number of ether oxygens (including phenoxy) is 2. The zero-order valence-electron chi connectivity index (χ0n) is 56.8. The maximum absolute atomic E-state index is 14.7. The lowest BCUT2D eigenvalue weighted by molar-refractivity contribution is -0.161. The number of carbonyl (C=O) groups excluding carboxylic acids is 4. The summed E-state index contributed by atoms with van der Waals surface area (Å²) in [4.78, 5) is 85.9. The number of rotatable bonds is 54. The Morgan fingerprint density at radius 1 is 0.583 bits per heavy atom. The Balaban J connectivity index is 1.08. The average Bonchev–Trinajstić information content (AvgIpc) is 0.747. The van der Waals surface area contributed by atoms with E-state index in [0.717, 1.165) is 108 Å². The summed E-state index contributed by atoms with van der Waals surface area (Å²) >= 11 is 5.44. The lowest BCUT2D eigenvalue weighted by atomic mass is 9.90.